The maximum absolute atomic E-state index is 11.3. The second-order valence-corrected chi connectivity index (χ2v) is 5.01. The Hall–Kier alpha value is -1.36. The van der Waals surface area contributed by atoms with Crippen molar-refractivity contribution in [1.29, 1.82) is 0 Å². The van der Waals surface area contributed by atoms with Crippen LogP contribution in [-0.2, 0) is 6.42 Å². The standard InChI is InChI=1S/C11H14N2O2S/c1-4-5-8-9(10(14)15)13-6(2)7(3)16-11(13)12-8/h4-5H2,1-3H3,(H,14,15). The minimum absolute atomic E-state index is 0.332. The fourth-order valence-electron chi connectivity index (χ4n) is 1.82. The predicted octanol–water partition coefficient (Wildman–Crippen LogP) is 2.66. The molecule has 0 saturated heterocycles. The number of aromatic carboxylic acids is 1. The first kappa shape index (κ1) is 11.1. The van der Waals surface area contributed by atoms with Gasteiger partial charge in [-0.15, -0.1) is 11.3 Å². The van der Waals surface area contributed by atoms with Crippen LogP contribution >= 0.6 is 11.3 Å². The number of hydrogen-bond donors (Lipinski definition) is 1. The largest absolute Gasteiger partial charge is 0.477 e. The van der Waals surface area contributed by atoms with E-state index in [1.807, 2.05) is 20.8 Å². The summed E-state index contributed by atoms with van der Waals surface area (Å²) in [6.07, 6.45) is 1.62. The molecule has 0 bridgehead atoms. The molecule has 1 N–H and O–H groups in total. The van der Waals surface area contributed by atoms with E-state index in [1.165, 1.54) is 0 Å². The summed E-state index contributed by atoms with van der Waals surface area (Å²) < 4.78 is 1.76. The van der Waals surface area contributed by atoms with Crippen molar-refractivity contribution >= 4 is 22.3 Å². The smallest absolute Gasteiger partial charge is 0.354 e. The predicted molar refractivity (Wildman–Crippen MR) is 63.5 cm³/mol. The molecule has 86 valence electrons. The Balaban J connectivity index is 2.75. The zero-order chi connectivity index (χ0) is 11.9. The Labute approximate surface area is 97.6 Å². The Morgan fingerprint density at radius 1 is 1.50 bits per heavy atom. The van der Waals surface area contributed by atoms with Gasteiger partial charge in [0.25, 0.3) is 0 Å². The number of fused-ring (bicyclic) bond motifs is 1. The van der Waals surface area contributed by atoms with Gasteiger partial charge in [0.05, 0.1) is 5.69 Å². The van der Waals surface area contributed by atoms with E-state index in [0.717, 1.165) is 22.0 Å². The van der Waals surface area contributed by atoms with Crippen LogP contribution < -0.4 is 0 Å². The van der Waals surface area contributed by atoms with Gasteiger partial charge in [-0.25, -0.2) is 9.78 Å². The summed E-state index contributed by atoms with van der Waals surface area (Å²) in [5.41, 5.74) is 2.01. The summed E-state index contributed by atoms with van der Waals surface area (Å²) >= 11 is 1.55. The van der Waals surface area contributed by atoms with E-state index in [-0.39, 0.29) is 0 Å². The fraction of sp³-hybridized carbons (Fsp3) is 0.455. The molecule has 2 aromatic rings. The Morgan fingerprint density at radius 3 is 2.75 bits per heavy atom. The zero-order valence-electron chi connectivity index (χ0n) is 9.57. The monoisotopic (exact) mass is 238 g/mol. The van der Waals surface area contributed by atoms with Crippen LogP contribution in [0.1, 0.15) is 40.1 Å². The number of carbonyl (C=O) groups is 1. The van der Waals surface area contributed by atoms with Crippen molar-refractivity contribution in [1.82, 2.24) is 9.38 Å². The van der Waals surface area contributed by atoms with Gasteiger partial charge in [0.15, 0.2) is 10.7 Å². The Bertz CT molecular complexity index is 554. The average molecular weight is 238 g/mol. The highest BCUT2D eigenvalue weighted by molar-refractivity contribution is 7.17. The SMILES string of the molecule is CCCc1nc2sc(C)c(C)n2c1C(=O)O. The first-order chi connectivity index (χ1) is 7.56. The number of imidazole rings is 1. The highest BCUT2D eigenvalue weighted by atomic mass is 32.1. The number of hydrogen-bond acceptors (Lipinski definition) is 3. The number of aromatic nitrogens is 2. The van der Waals surface area contributed by atoms with Gasteiger partial charge < -0.3 is 5.11 Å². The van der Waals surface area contributed by atoms with Crippen molar-refractivity contribution in [3.05, 3.63) is 22.0 Å². The summed E-state index contributed by atoms with van der Waals surface area (Å²) in [6, 6.07) is 0. The molecule has 0 spiro atoms. The molecule has 0 aromatic carbocycles. The summed E-state index contributed by atoms with van der Waals surface area (Å²) in [5.74, 6) is -0.892. The van der Waals surface area contributed by atoms with Crippen LogP contribution in [0.25, 0.3) is 4.96 Å². The van der Waals surface area contributed by atoms with E-state index in [0.29, 0.717) is 17.8 Å². The minimum Gasteiger partial charge on any atom is -0.477 e. The second-order valence-electron chi connectivity index (χ2n) is 3.82. The number of rotatable bonds is 3. The third kappa shape index (κ3) is 1.51. The molecule has 0 aliphatic rings. The number of carboxylic acids is 1. The van der Waals surface area contributed by atoms with E-state index < -0.39 is 5.97 Å². The molecule has 0 atom stereocenters. The second kappa shape index (κ2) is 3.90. The quantitative estimate of drug-likeness (QED) is 0.894. The maximum Gasteiger partial charge on any atom is 0.354 e. The topological polar surface area (TPSA) is 54.6 Å². The van der Waals surface area contributed by atoms with Gasteiger partial charge in [-0.2, -0.15) is 0 Å². The lowest BCUT2D eigenvalue weighted by Gasteiger charge is -1.99. The number of nitrogens with zero attached hydrogens (tertiary/aromatic N) is 2. The molecule has 0 radical (unpaired) electrons. The van der Waals surface area contributed by atoms with E-state index in [4.69, 9.17) is 0 Å². The molecule has 0 aliphatic carbocycles. The van der Waals surface area contributed by atoms with Crippen molar-refractivity contribution in [3.8, 4) is 0 Å². The number of thiazole rings is 1. The lowest BCUT2D eigenvalue weighted by atomic mass is 10.2. The van der Waals surface area contributed by atoms with E-state index in [2.05, 4.69) is 4.98 Å². The third-order valence-electron chi connectivity index (χ3n) is 2.70. The van der Waals surface area contributed by atoms with Crippen molar-refractivity contribution in [2.24, 2.45) is 0 Å². The van der Waals surface area contributed by atoms with Gasteiger partial charge in [-0.05, 0) is 20.3 Å². The summed E-state index contributed by atoms with van der Waals surface area (Å²) in [4.78, 5) is 17.6. The molecule has 2 rings (SSSR count). The summed E-state index contributed by atoms with van der Waals surface area (Å²) in [5, 5.41) is 9.26. The highest BCUT2D eigenvalue weighted by Crippen LogP contribution is 2.25. The fourth-order valence-corrected chi connectivity index (χ4v) is 2.81. The molecule has 0 fully saturated rings. The zero-order valence-corrected chi connectivity index (χ0v) is 10.4. The van der Waals surface area contributed by atoms with Gasteiger partial charge in [0.2, 0.25) is 0 Å². The van der Waals surface area contributed by atoms with Crippen LogP contribution in [0.3, 0.4) is 0 Å². The highest BCUT2D eigenvalue weighted by Gasteiger charge is 2.21. The van der Waals surface area contributed by atoms with Crippen LogP contribution in [0.4, 0.5) is 0 Å². The maximum atomic E-state index is 11.3. The van der Waals surface area contributed by atoms with Crippen molar-refractivity contribution in [2.45, 2.75) is 33.6 Å². The molecule has 0 amide bonds. The molecular weight excluding hydrogens is 224 g/mol. The van der Waals surface area contributed by atoms with Crippen molar-refractivity contribution < 1.29 is 9.90 Å². The third-order valence-corrected chi connectivity index (χ3v) is 3.76. The van der Waals surface area contributed by atoms with Gasteiger partial charge in [-0.3, -0.25) is 4.40 Å². The van der Waals surface area contributed by atoms with E-state index in [9.17, 15) is 9.90 Å². The van der Waals surface area contributed by atoms with Gasteiger partial charge >= 0.3 is 5.97 Å². The minimum atomic E-state index is -0.892. The van der Waals surface area contributed by atoms with Crippen LogP contribution in [0.2, 0.25) is 0 Å². The van der Waals surface area contributed by atoms with Crippen molar-refractivity contribution in [2.75, 3.05) is 0 Å². The van der Waals surface area contributed by atoms with Crippen LogP contribution in [0, 0.1) is 13.8 Å². The molecule has 2 heterocycles. The van der Waals surface area contributed by atoms with E-state index >= 15 is 0 Å². The molecule has 5 heteroatoms. The normalized spacial score (nSPS) is 11.2. The molecule has 16 heavy (non-hydrogen) atoms. The molecule has 2 aromatic heterocycles. The van der Waals surface area contributed by atoms with E-state index in [1.54, 1.807) is 15.7 Å². The average Bonchev–Trinajstić information content (AvgIpc) is 2.66. The Kier molecular flexibility index (Phi) is 2.71. The molecular formula is C11H14N2O2S. The van der Waals surface area contributed by atoms with Crippen molar-refractivity contribution in [3.63, 3.8) is 0 Å². The molecule has 0 saturated carbocycles. The summed E-state index contributed by atoms with van der Waals surface area (Å²) in [7, 11) is 0. The lowest BCUT2D eigenvalue weighted by molar-refractivity contribution is 0.0688. The van der Waals surface area contributed by atoms with Crippen LogP contribution in [-0.4, -0.2) is 20.5 Å². The Morgan fingerprint density at radius 2 is 2.19 bits per heavy atom. The summed E-state index contributed by atoms with van der Waals surface area (Å²) in [6.45, 7) is 5.94. The number of carboxylic acid groups (broad SMARTS) is 1. The van der Waals surface area contributed by atoms with Crippen LogP contribution in [0.15, 0.2) is 0 Å². The van der Waals surface area contributed by atoms with Gasteiger partial charge in [0.1, 0.15) is 0 Å². The van der Waals surface area contributed by atoms with Gasteiger partial charge in [0, 0.05) is 10.6 Å². The molecule has 4 nitrogen and oxygen atoms in total. The molecule has 0 unspecified atom stereocenters. The first-order valence-corrected chi connectivity index (χ1v) is 6.08. The van der Waals surface area contributed by atoms with Gasteiger partial charge in [-0.1, -0.05) is 13.3 Å². The molecule has 0 aliphatic heterocycles. The lowest BCUT2D eigenvalue weighted by Crippen LogP contribution is -2.06. The van der Waals surface area contributed by atoms with Crippen LogP contribution in [0.5, 0.6) is 0 Å². The first-order valence-electron chi connectivity index (χ1n) is 5.26. The number of aryl methyl sites for hydroxylation is 3.